The zero-order valence-corrected chi connectivity index (χ0v) is 7.61. The van der Waals surface area contributed by atoms with E-state index in [9.17, 15) is 0 Å². The van der Waals surface area contributed by atoms with Crippen LogP contribution in [-0.4, -0.2) is 24.8 Å². The normalized spacial score (nSPS) is 43.4. The van der Waals surface area contributed by atoms with E-state index < -0.39 is 0 Å². The van der Waals surface area contributed by atoms with Gasteiger partial charge in [-0.25, -0.2) is 0 Å². The Bertz CT molecular complexity index is 163. The molecule has 2 fully saturated rings. The monoisotopic (exact) mass is 155 g/mol. The van der Waals surface area contributed by atoms with Crippen LogP contribution in [-0.2, 0) is 4.74 Å². The largest absolute Gasteiger partial charge is 0.375 e. The van der Waals surface area contributed by atoms with Crippen LogP contribution in [0.2, 0.25) is 0 Å². The highest BCUT2D eigenvalue weighted by Gasteiger charge is 2.52. The number of fused-ring (bicyclic) bond motifs is 2. The Morgan fingerprint density at radius 1 is 1.45 bits per heavy atom. The lowest BCUT2D eigenvalue weighted by molar-refractivity contribution is 0.0368. The van der Waals surface area contributed by atoms with Crippen molar-refractivity contribution in [1.82, 2.24) is 5.32 Å². The molecule has 2 heterocycles. The van der Waals surface area contributed by atoms with E-state index in [4.69, 9.17) is 4.74 Å². The third-order valence-electron chi connectivity index (χ3n) is 3.25. The third-order valence-corrected chi connectivity index (χ3v) is 3.25. The van der Waals surface area contributed by atoms with Crippen molar-refractivity contribution in [1.29, 1.82) is 0 Å². The predicted molar refractivity (Wildman–Crippen MR) is 44.5 cm³/mol. The summed E-state index contributed by atoms with van der Waals surface area (Å²) in [4.78, 5) is 0. The number of nitrogens with one attached hydrogen (secondary N) is 1. The number of hydrogen-bond donors (Lipinski definition) is 1. The van der Waals surface area contributed by atoms with Gasteiger partial charge in [0.15, 0.2) is 0 Å². The molecule has 0 aliphatic carbocycles. The molecule has 2 unspecified atom stereocenters. The minimum Gasteiger partial charge on any atom is -0.375 e. The highest BCUT2D eigenvalue weighted by atomic mass is 16.5. The van der Waals surface area contributed by atoms with Gasteiger partial charge in [-0.2, -0.15) is 0 Å². The molecule has 0 aromatic carbocycles. The molecule has 0 radical (unpaired) electrons. The van der Waals surface area contributed by atoms with Crippen molar-refractivity contribution >= 4 is 0 Å². The van der Waals surface area contributed by atoms with Gasteiger partial charge < -0.3 is 10.1 Å². The van der Waals surface area contributed by atoms with E-state index in [0.29, 0.717) is 11.5 Å². The first kappa shape index (κ1) is 7.56. The Balaban J connectivity index is 2.23. The van der Waals surface area contributed by atoms with Crippen molar-refractivity contribution < 1.29 is 4.74 Å². The minimum atomic E-state index is 0.275. The zero-order chi connectivity index (χ0) is 8.11. The first-order chi connectivity index (χ1) is 5.04. The van der Waals surface area contributed by atoms with Gasteiger partial charge in [-0.05, 0) is 11.8 Å². The number of morpholine rings is 1. The molecule has 2 bridgehead atoms. The molecule has 0 aromatic rings. The third kappa shape index (κ3) is 0.926. The molecule has 2 atom stereocenters. The second-order valence-corrected chi connectivity index (χ2v) is 4.85. The van der Waals surface area contributed by atoms with Gasteiger partial charge in [0.1, 0.15) is 0 Å². The molecule has 64 valence electrons. The van der Waals surface area contributed by atoms with E-state index in [0.717, 1.165) is 13.2 Å². The van der Waals surface area contributed by atoms with Crippen molar-refractivity contribution in [3.05, 3.63) is 0 Å². The second kappa shape index (κ2) is 1.99. The van der Waals surface area contributed by atoms with Crippen LogP contribution in [0.5, 0.6) is 0 Å². The molecule has 2 rings (SSSR count). The minimum absolute atomic E-state index is 0.275. The summed E-state index contributed by atoms with van der Waals surface area (Å²) in [7, 11) is 0. The fourth-order valence-corrected chi connectivity index (χ4v) is 2.12. The predicted octanol–water partition coefficient (Wildman–Crippen LogP) is 1.16. The van der Waals surface area contributed by atoms with Crippen molar-refractivity contribution in [2.75, 3.05) is 13.2 Å². The average molecular weight is 155 g/mol. The van der Waals surface area contributed by atoms with E-state index in [-0.39, 0.29) is 5.54 Å². The summed E-state index contributed by atoms with van der Waals surface area (Å²) in [5.74, 6) is 0. The van der Waals surface area contributed by atoms with Crippen LogP contribution in [0.15, 0.2) is 0 Å². The van der Waals surface area contributed by atoms with Gasteiger partial charge in [0.05, 0.1) is 12.7 Å². The fourth-order valence-electron chi connectivity index (χ4n) is 2.12. The van der Waals surface area contributed by atoms with E-state index in [1.807, 2.05) is 0 Å². The lowest BCUT2D eigenvalue weighted by Gasteiger charge is -2.39. The quantitative estimate of drug-likeness (QED) is 0.567. The number of ether oxygens (including phenoxy) is 1. The summed E-state index contributed by atoms with van der Waals surface area (Å²) in [6, 6.07) is 0. The van der Waals surface area contributed by atoms with E-state index in [2.05, 4.69) is 26.1 Å². The first-order valence-corrected chi connectivity index (χ1v) is 4.40. The van der Waals surface area contributed by atoms with Crippen molar-refractivity contribution in [2.24, 2.45) is 5.41 Å². The highest BCUT2D eigenvalue weighted by molar-refractivity contribution is 5.08. The topological polar surface area (TPSA) is 21.3 Å². The van der Waals surface area contributed by atoms with Crippen LogP contribution in [0.3, 0.4) is 0 Å². The van der Waals surface area contributed by atoms with E-state index >= 15 is 0 Å². The van der Waals surface area contributed by atoms with Gasteiger partial charge in [0.2, 0.25) is 0 Å². The molecule has 0 saturated carbocycles. The SMILES string of the molecule is CC(C)(C)C12COC(CN1)C2. The number of rotatable bonds is 0. The van der Waals surface area contributed by atoms with Gasteiger partial charge in [-0.1, -0.05) is 20.8 Å². The molecular weight excluding hydrogens is 138 g/mol. The molecular formula is C9H17NO. The maximum absolute atomic E-state index is 5.62. The van der Waals surface area contributed by atoms with Gasteiger partial charge in [0.25, 0.3) is 0 Å². The summed E-state index contributed by atoms with van der Waals surface area (Å²) in [5.41, 5.74) is 0.607. The van der Waals surface area contributed by atoms with Gasteiger partial charge in [-0.3, -0.25) is 0 Å². The Hall–Kier alpha value is -0.0800. The van der Waals surface area contributed by atoms with Crippen LogP contribution >= 0.6 is 0 Å². The zero-order valence-electron chi connectivity index (χ0n) is 7.61. The Morgan fingerprint density at radius 3 is 2.36 bits per heavy atom. The molecule has 0 amide bonds. The maximum atomic E-state index is 5.62. The Labute approximate surface area is 68.3 Å². The van der Waals surface area contributed by atoms with Crippen molar-refractivity contribution in [3.63, 3.8) is 0 Å². The molecule has 2 aliphatic heterocycles. The van der Waals surface area contributed by atoms with E-state index in [1.54, 1.807) is 0 Å². The van der Waals surface area contributed by atoms with Gasteiger partial charge in [-0.15, -0.1) is 0 Å². The standard InChI is InChI=1S/C9H17NO/c1-8(2,3)9-4-7(5-10-9)11-6-9/h7,10H,4-6H2,1-3H3. The maximum Gasteiger partial charge on any atom is 0.0719 e. The summed E-state index contributed by atoms with van der Waals surface area (Å²) in [5, 5.41) is 3.58. The smallest absolute Gasteiger partial charge is 0.0719 e. The van der Waals surface area contributed by atoms with Crippen LogP contribution < -0.4 is 5.32 Å². The molecule has 0 spiro atoms. The van der Waals surface area contributed by atoms with Crippen LogP contribution in [0.4, 0.5) is 0 Å². The molecule has 2 aliphatic rings. The second-order valence-electron chi connectivity index (χ2n) is 4.85. The molecule has 11 heavy (non-hydrogen) atoms. The number of hydrogen-bond acceptors (Lipinski definition) is 2. The van der Waals surface area contributed by atoms with E-state index in [1.165, 1.54) is 6.42 Å². The molecule has 1 N–H and O–H groups in total. The van der Waals surface area contributed by atoms with Crippen LogP contribution in [0, 0.1) is 5.41 Å². The highest BCUT2D eigenvalue weighted by Crippen LogP contribution is 2.42. The Morgan fingerprint density at radius 2 is 2.18 bits per heavy atom. The van der Waals surface area contributed by atoms with Crippen molar-refractivity contribution in [3.8, 4) is 0 Å². The first-order valence-electron chi connectivity index (χ1n) is 4.40. The van der Waals surface area contributed by atoms with Gasteiger partial charge in [0, 0.05) is 12.1 Å². The van der Waals surface area contributed by atoms with Crippen molar-refractivity contribution in [2.45, 2.75) is 38.8 Å². The average Bonchev–Trinajstić information content (AvgIpc) is 2.42. The fraction of sp³-hybridized carbons (Fsp3) is 1.00. The summed E-state index contributed by atoms with van der Waals surface area (Å²) in [6.07, 6.45) is 1.70. The summed E-state index contributed by atoms with van der Waals surface area (Å²) >= 11 is 0. The van der Waals surface area contributed by atoms with Gasteiger partial charge >= 0.3 is 0 Å². The van der Waals surface area contributed by atoms with Crippen LogP contribution in [0.1, 0.15) is 27.2 Å². The summed E-state index contributed by atoms with van der Waals surface area (Å²) < 4.78 is 5.62. The van der Waals surface area contributed by atoms with Crippen LogP contribution in [0.25, 0.3) is 0 Å². The summed E-state index contributed by atoms with van der Waals surface area (Å²) in [6.45, 7) is 8.82. The molecule has 0 aromatic heterocycles. The Kier molecular flexibility index (Phi) is 1.37. The lowest BCUT2D eigenvalue weighted by atomic mass is 9.74. The molecule has 2 nitrogen and oxygen atoms in total. The molecule has 2 saturated heterocycles. The molecule has 2 heteroatoms. The lowest BCUT2D eigenvalue weighted by Crippen LogP contribution is -2.54.